The summed E-state index contributed by atoms with van der Waals surface area (Å²) in [6.45, 7) is 6.08. The lowest BCUT2D eigenvalue weighted by atomic mass is 9.99. The Hall–Kier alpha value is -4.26. The number of hydrogen-bond donors (Lipinski definition) is 0. The highest BCUT2D eigenvalue weighted by Crippen LogP contribution is 2.23. The maximum Gasteiger partial charge on any atom is 0.347 e. The summed E-state index contributed by atoms with van der Waals surface area (Å²) in [5, 5.41) is 0. The smallest absolute Gasteiger partial charge is 0.347 e. The fraction of sp³-hybridized carbons (Fsp3) is 0.421. The van der Waals surface area contributed by atoms with Gasteiger partial charge >= 0.3 is 17.9 Å². The van der Waals surface area contributed by atoms with Gasteiger partial charge in [-0.3, -0.25) is 4.79 Å². The molecule has 7 nitrogen and oxygen atoms in total. The minimum Gasteiger partial charge on any atom is -0.463 e. The van der Waals surface area contributed by atoms with Crippen molar-refractivity contribution in [3.63, 3.8) is 0 Å². The minimum absolute atomic E-state index is 0.169. The molecule has 240 valence electrons. The van der Waals surface area contributed by atoms with Gasteiger partial charge in [-0.2, -0.15) is 0 Å². The molecule has 3 aromatic carbocycles. The number of carbonyl (C=O) groups excluding carboxylic acids is 4. The van der Waals surface area contributed by atoms with E-state index in [-0.39, 0.29) is 17.1 Å². The van der Waals surface area contributed by atoms with Crippen LogP contribution in [0.3, 0.4) is 0 Å². The molecule has 7 heteroatoms. The number of hydrogen-bond acceptors (Lipinski definition) is 7. The summed E-state index contributed by atoms with van der Waals surface area (Å²) in [7, 11) is 0. The van der Waals surface area contributed by atoms with Crippen LogP contribution in [0.2, 0.25) is 0 Å². The summed E-state index contributed by atoms with van der Waals surface area (Å²) in [5.74, 6) is -1.36. The van der Waals surface area contributed by atoms with Crippen LogP contribution in [0.25, 0.3) is 11.1 Å². The molecule has 0 heterocycles. The molecule has 0 saturated heterocycles. The van der Waals surface area contributed by atoms with E-state index in [0.29, 0.717) is 18.6 Å². The van der Waals surface area contributed by atoms with E-state index in [2.05, 4.69) is 13.8 Å². The van der Waals surface area contributed by atoms with Gasteiger partial charge in [0, 0.05) is 12.0 Å². The first-order valence-corrected chi connectivity index (χ1v) is 16.3. The van der Waals surface area contributed by atoms with Crippen LogP contribution in [-0.2, 0) is 14.3 Å². The Morgan fingerprint density at radius 2 is 1.07 bits per heavy atom. The van der Waals surface area contributed by atoms with Crippen LogP contribution in [0.5, 0.6) is 5.75 Å². The number of Topliss-reactive ketones (excluding diaryl/α,β-unsaturated/α-hetero) is 1. The van der Waals surface area contributed by atoms with E-state index in [1.54, 1.807) is 12.1 Å². The van der Waals surface area contributed by atoms with Gasteiger partial charge in [0.05, 0.1) is 17.7 Å². The molecule has 0 aromatic heterocycles. The highest BCUT2D eigenvalue weighted by molar-refractivity contribution is 5.96. The van der Waals surface area contributed by atoms with Crippen molar-refractivity contribution >= 4 is 23.7 Å². The second kappa shape index (κ2) is 19.2. The molecule has 1 atom stereocenters. The summed E-state index contributed by atoms with van der Waals surface area (Å²) in [6.07, 6.45) is 10.4. The molecule has 0 bridgehead atoms. The van der Waals surface area contributed by atoms with Crippen molar-refractivity contribution in [3.8, 4) is 16.9 Å². The first-order valence-electron chi connectivity index (χ1n) is 16.3. The molecule has 0 fully saturated rings. The number of carbonyl (C=O) groups is 4. The monoisotopic (exact) mass is 614 g/mol. The minimum atomic E-state index is -1.03. The average Bonchev–Trinajstić information content (AvgIpc) is 3.06. The summed E-state index contributed by atoms with van der Waals surface area (Å²) < 4.78 is 15.9. The van der Waals surface area contributed by atoms with Crippen molar-refractivity contribution in [2.75, 3.05) is 6.61 Å². The van der Waals surface area contributed by atoms with Gasteiger partial charge < -0.3 is 14.2 Å². The normalized spacial score (nSPS) is 11.4. The van der Waals surface area contributed by atoms with E-state index in [0.717, 1.165) is 55.2 Å². The Kier molecular flexibility index (Phi) is 15.0. The maximum absolute atomic E-state index is 12.7. The molecule has 0 amide bonds. The number of unbranched alkanes of at least 4 members (excludes halogenated alkanes) is 8. The van der Waals surface area contributed by atoms with Crippen molar-refractivity contribution in [1.82, 2.24) is 0 Å². The molecule has 3 aromatic rings. The largest absolute Gasteiger partial charge is 0.463 e. The van der Waals surface area contributed by atoms with Gasteiger partial charge in [0.15, 0.2) is 11.9 Å². The number of benzene rings is 3. The van der Waals surface area contributed by atoms with Crippen LogP contribution >= 0.6 is 0 Å². The number of rotatable bonds is 19. The quantitative estimate of drug-likeness (QED) is 0.0575. The van der Waals surface area contributed by atoms with Gasteiger partial charge in [-0.1, -0.05) is 102 Å². The zero-order valence-corrected chi connectivity index (χ0v) is 26.8. The van der Waals surface area contributed by atoms with E-state index in [1.165, 1.54) is 56.9 Å². The summed E-state index contributed by atoms with van der Waals surface area (Å²) in [5.41, 5.74) is 3.17. The summed E-state index contributed by atoms with van der Waals surface area (Å²) in [4.78, 5) is 49.8. The fourth-order valence-electron chi connectivity index (χ4n) is 4.78. The van der Waals surface area contributed by atoms with Crippen LogP contribution in [0.4, 0.5) is 0 Å². The van der Waals surface area contributed by atoms with Gasteiger partial charge in [-0.25, -0.2) is 14.4 Å². The molecule has 0 aliphatic rings. The molecule has 0 radical (unpaired) electrons. The summed E-state index contributed by atoms with van der Waals surface area (Å²) >= 11 is 0. The van der Waals surface area contributed by atoms with Crippen LogP contribution in [-0.4, -0.2) is 36.4 Å². The van der Waals surface area contributed by atoms with Crippen molar-refractivity contribution in [2.24, 2.45) is 0 Å². The molecule has 1 unspecified atom stereocenters. The lowest BCUT2D eigenvalue weighted by molar-refractivity contribution is -0.153. The lowest BCUT2D eigenvalue weighted by Gasteiger charge is -2.13. The third-order valence-corrected chi connectivity index (χ3v) is 7.58. The Morgan fingerprint density at radius 1 is 0.578 bits per heavy atom. The third kappa shape index (κ3) is 12.0. The average molecular weight is 615 g/mol. The Morgan fingerprint density at radius 3 is 1.67 bits per heavy atom. The maximum atomic E-state index is 12.7. The van der Waals surface area contributed by atoms with Gasteiger partial charge in [0.1, 0.15) is 5.75 Å². The van der Waals surface area contributed by atoms with Gasteiger partial charge in [0.2, 0.25) is 0 Å². The second-order valence-electron chi connectivity index (χ2n) is 11.3. The van der Waals surface area contributed by atoms with Crippen LogP contribution in [0.1, 0.15) is 122 Å². The van der Waals surface area contributed by atoms with Gasteiger partial charge in [-0.05, 0) is 67.3 Å². The molecule has 0 aliphatic heterocycles. The summed E-state index contributed by atoms with van der Waals surface area (Å²) in [6, 6.07) is 20.5. The van der Waals surface area contributed by atoms with E-state index in [9.17, 15) is 19.2 Å². The zero-order valence-electron chi connectivity index (χ0n) is 26.8. The molecule has 45 heavy (non-hydrogen) atoms. The van der Waals surface area contributed by atoms with E-state index >= 15 is 0 Å². The molecule has 0 saturated carbocycles. The first-order chi connectivity index (χ1) is 21.8. The predicted octanol–water partition coefficient (Wildman–Crippen LogP) is 9.17. The molecular weight excluding hydrogens is 568 g/mol. The lowest BCUT2D eigenvalue weighted by Crippen LogP contribution is -2.26. The number of ether oxygens (including phenoxy) is 3. The van der Waals surface area contributed by atoms with E-state index in [4.69, 9.17) is 14.2 Å². The first kappa shape index (κ1) is 35.2. The highest BCUT2D eigenvalue weighted by Gasteiger charge is 2.20. The molecular formula is C38H46O7. The molecule has 0 N–H and O–H groups in total. The Balaban J connectivity index is 1.46. The van der Waals surface area contributed by atoms with Crippen molar-refractivity contribution in [2.45, 2.75) is 97.5 Å². The van der Waals surface area contributed by atoms with Crippen LogP contribution in [0.15, 0.2) is 72.8 Å². The predicted molar refractivity (Wildman–Crippen MR) is 176 cm³/mol. The van der Waals surface area contributed by atoms with E-state index < -0.39 is 24.0 Å². The zero-order chi connectivity index (χ0) is 32.4. The third-order valence-electron chi connectivity index (χ3n) is 7.58. The topological polar surface area (TPSA) is 96.0 Å². The van der Waals surface area contributed by atoms with Crippen LogP contribution in [0, 0.1) is 0 Å². The molecule has 0 aliphatic carbocycles. The van der Waals surface area contributed by atoms with Crippen LogP contribution < -0.4 is 4.74 Å². The van der Waals surface area contributed by atoms with Gasteiger partial charge in [-0.15, -0.1) is 0 Å². The fourth-order valence-corrected chi connectivity index (χ4v) is 4.78. The highest BCUT2D eigenvalue weighted by atomic mass is 16.6. The molecule has 0 spiro atoms. The Bertz CT molecular complexity index is 1360. The van der Waals surface area contributed by atoms with Crippen molar-refractivity contribution < 1.29 is 33.4 Å². The molecule has 3 rings (SSSR count). The second-order valence-corrected chi connectivity index (χ2v) is 11.3. The van der Waals surface area contributed by atoms with Crippen molar-refractivity contribution in [3.05, 3.63) is 89.5 Å². The van der Waals surface area contributed by atoms with Crippen molar-refractivity contribution in [1.29, 1.82) is 0 Å². The number of ketones is 1. The van der Waals surface area contributed by atoms with Gasteiger partial charge in [0.25, 0.3) is 0 Å². The van der Waals surface area contributed by atoms with E-state index in [1.807, 2.05) is 36.4 Å². The standard InChI is InChI=1S/C38H46O7/c1-4-6-8-10-11-12-14-35(39)31-19-15-29(16-20-31)30-17-21-32(22-18-30)38(42)45-34-25-23-33(24-26-34)37(41)44-28(3)36(40)43-27-13-9-7-5-2/h15-26,28H,4-14,27H2,1-3H3. The Labute approximate surface area is 267 Å². The number of esters is 3. The SMILES string of the molecule is CCCCCCCCC(=O)c1ccc(-c2ccc(C(=O)Oc3ccc(C(=O)OC(C)C(=O)OCCCCCC)cc3)cc2)cc1.